The number of alkyl carbamates (subject to hydrolysis) is 1. The van der Waals surface area contributed by atoms with Crippen molar-refractivity contribution in [2.24, 2.45) is 0 Å². The largest absolute Gasteiger partial charge is 0.444 e. The zero-order chi connectivity index (χ0) is 17.8. The minimum Gasteiger partial charge on any atom is -0.444 e. The van der Waals surface area contributed by atoms with Crippen molar-refractivity contribution < 1.29 is 30.6 Å². The van der Waals surface area contributed by atoms with Crippen molar-refractivity contribution in [2.75, 3.05) is 12.5 Å². The van der Waals surface area contributed by atoms with Crippen LogP contribution in [-0.4, -0.2) is 53.2 Å². The standard InChI is InChI=1S/C10H19NO5S.CH3ClO2S/c1-10(2,3)15-9(12)11-7-5-8(6-7)16-17(4,13)14;1-5(2,3)4/h7-8H,5-6H2,1-4H3,(H,11,12);1H3. The Hall–Kier alpha value is -0.580. The number of hydrogen-bond acceptors (Lipinski definition) is 7. The first-order valence-corrected chi connectivity index (χ1v) is 10.9. The molecule has 0 aromatic rings. The van der Waals surface area contributed by atoms with Gasteiger partial charge in [0.25, 0.3) is 10.1 Å². The second-order valence-electron chi connectivity index (χ2n) is 5.92. The van der Waals surface area contributed by atoms with Crippen molar-refractivity contribution in [2.45, 2.75) is 51.4 Å². The lowest BCUT2D eigenvalue weighted by Gasteiger charge is -2.34. The summed E-state index contributed by atoms with van der Waals surface area (Å²) in [6, 6.07) is -0.0726. The van der Waals surface area contributed by atoms with E-state index in [1.54, 1.807) is 20.8 Å². The summed E-state index contributed by atoms with van der Waals surface area (Å²) in [5, 5.41) is 2.65. The van der Waals surface area contributed by atoms with Gasteiger partial charge in [-0.15, -0.1) is 0 Å². The van der Waals surface area contributed by atoms with Crippen LogP contribution < -0.4 is 5.32 Å². The molecule has 22 heavy (non-hydrogen) atoms. The SMILES string of the molecule is CC(C)(C)OC(=O)NC1CC(OS(C)(=O)=O)C1.CS(=O)(=O)Cl. The molecule has 0 radical (unpaired) electrons. The molecule has 0 spiro atoms. The molecule has 1 aliphatic rings. The van der Waals surface area contributed by atoms with Crippen LogP contribution in [0.5, 0.6) is 0 Å². The fraction of sp³-hybridized carbons (Fsp3) is 0.909. The molecular formula is C11H22ClNO7S2. The van der Waals surface area contributed by atoms with Crippen molar-refractivity contribution in [1.82, 2.24) is 5.32 Å². The molecule has 0 unspecified atom stereocenters. The van der Waals surface area contributed by atoms with E-state index in [4.69, 9.17) is 8.92 Å². The smallest absolute Gasteiger partial charge is 0.407 e. The highest BCUT2D eigenvalue weighted by molar-refractivity contribution is 8.13. The lowest BCUT2D eigenvalue weighted by Crippen LogP contribution is -2.49. The summed E-state index contributed by atoms with van der Waals surface area (Å²) in [5.41, 5.74) is -0.531. The number of carbonyl (C=O) groups excluding carboxylic acids is 1. The first-order valence-electron chi connectivity index (χ1n) is 6.32. The molecule has 0 aliphatic heterocycles. The van der Waals surface area contributed by atoms with E-state index >= 15 is 0 Å². The lowest BCUT2D eigenvalue weighted by atomic mass is 9.90. The monoisotopic (exact) mass is 379 g/mol. The zero-order valence-electron chi connectivity index (χ0n) is 13.1. The molecule has 11 heteroatoms. The van der Waals surface area contributed by atoms with E-state index in [9.17, 15) is 21.6 Å². The Morgan fingerprint density at radius 2 is 1.55 bits per heavy atom. The van der Waals surface area contributed by atoms with Gasteiger partial charge in [-0.3, -0.25) is 4.18 Å². The molecule has 0 aromatic heterocycles. The Morgan fingerprint density at radius 3 is 1.86 bits per heavy atom. The third-order valence-corrected chi connectivity index (χ3v) is 2.75. The van der Waals surface area contributed by atoms with Crippen LogP contribution >= 0.6 is 10.7 Å². The minimum atomic E-state index is -3.41. The number of carbonyl (C=O) groups is 1. The molecule has 1 fully saturated rings. The van der Waals surface area contributed by atoms with Crippen LogP contribution in [0.4, 0.5) is 4.79 Å². The maximum absolute atomic E-state index is 11.4. The number of rotatable bonds is 3. The first kappa shape index (κ1) is 21.4. The van der Waals surface area contributed by atoms with Gasteiger partial charge in [0.1, 0.15) is 5.60 Å². The van der Waals surface area contributed by atoms with Gasteiger partial charge in [0.15, 0.2) is 0 Å². The molecule has 0 heterocycles. The molecule has 0 bridgehead atoms. The topological polar surface area (TPSA) is 116 Å². The average molecular weight is 380 g/mol. The molecule has 1 saturated carbocycles. The number of amides is 1. The fourth-order valence-corrected chi connectivity index (χ4v) is 2.13. The van der Waals surface area contributed by atoms with Crippen molar-refractivity contribution in [3.8, 4) is 0 Å². The fourth-order valence-electron chi connectivity index (χ4n) is 1.48. The maximum Gasteiger partial charge on any atom is 0.407 e. The predicted molar refractivity (Wildman–Crippen MR) is 82.8 cm³/mol. The van der Waals surface area contributed by atoms with Crippen LogP contribution in [0, 0.1) is 0 Å². The number of ether oxygens (including phenoxy) is 1. The Bertz CT molecular complexity index is 566. The van der Waals surface area contributed by atoms with E-state index in [2.05, 4.69) is 16.0 Å². The van der Waals surface area contributed by atoms with E-state index in [0.29, 0.717) is 12.8 Å². The molecular weight excluding hydrogens is 358 g/mol. The third kappa shape index (κ3) is 14.4. The third-order valence-electron chi connectivity index (χ3n) is 2.13. The van der Waals surface area contributed by atoms with Gasteiger partial charge < -0.3 is 10.1 Å². The van der Waals surface area contributed by atoms with E-state index < -0.39 is 30.9 Å². The summed E-state index contributed by atoms with van der Waals surface area (Å²) in [4.78, 5) is 11.4. The van der Waals surface area contributed by atoms with Gasteiger partial charge >= 0.3 is 6.09 Å². The molecule has 0 saturated heterocycles. The Balaban J connectivity index is 0.000000763. The van der Waals surface area contributed by atoms with E-state index in [1.165, 1.54) is 0 Å². The van der Waals surface area contributed by atoms with Crippen LogP contribution in [0.1, 0.15) is 33.6 Å². The lowest BCUT2D eigenvalue weighted by molar-refractivity contribution is 0.0377. The summed E-state index contributed by atoms with van der Waals surface area (Å²) in [6.07, 6.45) is 2.11. The van der Waals surface area contributed by atoms with E-state index in [1.807, 2.05) is 0 Å². The van der Waals surface area contributed by atoms with Gasteiger partial charge in [-0.05, 0) is 33.6 Å². The van der Waals surface area contributed by atoms with Gasteiger partial charge in [0, 0.05) is 16.7 Å². The normalized spacial score (nSPS) is 21.9. The highest BCUT2D eigenvalue weighted by atomic mass is 35.7. The van der Waals surface area contributed by atoms with Crippen molar-refractivity contribution in [3.05, 3.63) is 0 Å². The van der Waals surface area contributed by atoms with Crippen molar-refractivity contribution in [1.29, 1.82) is 0 Å². The Labute approximate surface area is 136 Å². The second-order valence-corrected chi connectivity index (χ2v) is 10.6. The maximum atomic E-state index is 11.4. The zero-order valence-corrected chi connectivity index (χ0v) is 15.5. The summed E-state index contributed by atoms with van der Waals surface area (Å²) < 4.78 is 50.3. The van der Waals surface area contributed by atoms with E-state index in [-0.39, 0.29) is 12.1 Å². The second kappa shape index (κ2) is 7.80. The Morgan fingerprint density at radius 1 is 1.14 bits per heavy atom. The van der Waals surface area contributed by atoms with E-state index in [0.717, 1.165) is 12.5 Å². The molecule has 1 amide bonds. The van der Waals surface area contributed by atoms with Gasteiger partial charge in [-0.2, -0.15) is 8.42 Å². The molecule has 1 aliphatic carbocycles. The van der Waals surface area contributed by atoms with Gasteiger partial charge in [-0.25, -0.2) is 13.2 Å². The highest BCUT2D eigenvalue weighted by Gasteiger charge is 2.34. The molecule has 0 atom stereocenters. The quantitative estimate of drug-likeness (QED) is 0.578. The van der Waals surface area contributed by atoms with Crippen LogP contribution in [-0.2, 0) is 28.1 Å². The predicted octanol–water partition coefficient (Wildman–Crippen LogP) is 1.20. The Kier molecular flexibility index (Phi) is 7.60. The molecule has 1 N–H and O–H groups in total. The number of hydrogen-bond donors (Lipinski definition) is 1. The summed E-state index contributed by atoms with van der Waals surface area (Å²) >= 11 is 0. The number of nitrogens with one attached hydrogen (secondary N) is 1. The van der Waals surface area contributed by atoms with Gasteiger partial charge in [0.05, 0.1) is 18.6 Å². The highest BCUT2D eigenvalue weighted by Crippen LogP contribution is 2.25. The van der Waals surface area contributed by atoms with Crippen molar-refractivity contribution in [3.63, 3.8) is 0 Å². The van der Waals surface area contributed by atoms with Gasteiger partial charge in [0.2, 0.25) is 9.05 Å². The van der Waals surface area contributed by atoms with Crippen LogP contribution in [0.15, 0.2) is 0 Å². The minimum absolute atomic E-state index is 0.0726. The summed E-state index contributed by atoms with van der Waals surface area (Å²) in [5.74, 6) is 0. The van der Waals surface area contributed by atoms with Crippen LogP contribution in [0.3, 0.4) is 0 Å². The molecule has 0 aromatic carbocycles. The molecule has 8 nitrogen and oxygen atoms in total. The summed E-state index contributed by atoms with van der Waals surface area (Å²) in [7, 11) is -2.10. The number of halogens is 1. The van der Waals surface area contributed by atoms with Crippen molar-refractivity contribution >= 4 is 35.9 Å². The van der Waals surface area contributed by atoms with Crippen LogP contribution in [0.25, 0.3) is 0 Å². The van der Waals surface area contributed by atoms with Crippen LogP contribution in [0.2, 0.25) is 0 Å². The molecule has 1 rings (SSSR count). The molecule has 132 valence electrons. The first-order chi connectivity index (χ1) is 9.55. The van der Waals surface area contributed by atoms with Gasteiger partial charge in [-0.1, -0.05) is 0 Å². The summed E-state index contributed by atoms with van der Waals surface area (Å²) in [6.45, 7) is 5.34. The average Bonchev–Trinajstić information content (AvgIpc) is 2.05.